The molecule has 0 fully saturated rings. The predicted molar refractivity (Wildman–Crippen MR) is 65.0 cm³/mol. The van der Waals surface area contributed by atoms with E-state index in [4.69, 9.17) is 9.84 Å². The quantitative estimate of drug-likeness (QED) is 0.694. The molecule has 0 aliphatic heterocycles. The molecule has 0 aliphatic carbocycles. The maximum atomic E-state index is 10.3. The molecule has 82 valence electrons. The molecule has 5 heteroatoms. The van der Waals surface area contributed by atoms with Gasteiger partial charge in [-0.05, 0) is 23.3 Å². The summed E-state index contributed by atoms with van der Waals surface area (Å²) in [6.07, 6.45) is 0. The van der Waals surface area contributed by atoms with E-state index in [1.807, 2.05) is 6.07 Å². The highest BCUT2D eigenvalue weighted by atomic mass is 32.1. The molecule has 1 N–H and O–H groups in total. The average molecular weight is 244 g/mol. The van der Waals surface area contributed by atoms with Gasteiger partial charge in [-0.1, -0.05) is 6.07 Å². The molecule has 0 atom stereocenters. The van der Waals surface area contributed by atoms with E-state index in [0.29, 0.717) is 17.3 Å². The van der Waals surface area contributed by atoms with Crippen molar-refractivity contribution in [1.29, 1.82) is 0 Å². The maximum absolute atomic E-state index is 10.3. The Morgan fingerprint density at radius 2 is 1.73 bits per heavy atom. The Hall–Kier alpha value is -0.810. The van der Waals surface area contributed by atoms with Crippen LogP contribution in [0.25, 0.3) is 0 Å². The Morgan fingerprint density at radius 3 is 2.13 bits per heavy atom. The van der Waals surface area contributed by atoms with Gasteiger partial charge in [0.1, 0.15) is 5.75 Å². The van der Waals surface area contributed by atoms with Crippen LogP contribution in [0.4, 0.5) is 0 Å². The molecular formula is C10H12O3S2. The number of hydrogen-bond acceptors (Lipinski definition) is 4. The zero-order valence-corrected chi connectivity index (χ0v) is 9.80. The number of benzene rings is 1. The minimum atomic E-state index is -0.987. The molecule has 3 nitrogen and oxygen atoms in total. The number of ether oxygens (including phenoxy) is 1. The van der Waals surface area contributed by atoms with E-state index < -0.39 is 5.97 Å². The van der Waals surface area contributed by atoms with Gasteiger partial charge in [0.05, 0.1) is 0 Å². The first kappa shape index (κ1) is 12.3. The number of rotatable bonds is 5. The Kier molecular flexibility index (Phi) is 4.84. The smallest absolute Gasteiger partial charge is 0.341 e. The molecule has 0 amide bonds. The molecule has 0 radical (unpaired) electrons. The lowest BCUT2D eigenvalue weighted by Crippen LogP contribution is -2.09. The van der Waals surface area contributed by atoms with Crippen molar-refractivity contribution in [2.45, 2.75) is 11.5 Å². The molecule has 0 heterocycles. The second-order valence-corrected chi connectivity index (χ2v) is 3.62. The summed E-state index contributed by atoms with van der Waals surface area (Å²) in [5.41, 5.74) is 1.98. The number of carboxylic acids is 1. The number of aliphatic carboxylic acids is 1. The molecule has 0 aromatic heterocycles. The number of thiol groups is 2. The highest BCUT2D eigenvalue weighted by molar-refractivity contribution is 7.79. The Morgan fingerprint density at radius 1 is 1.20 bits per heavy atom. The van der Waals surface area contributed by atoms with Crippen LogP contribution < -0.4 is 4.74 Å². The summed E-state index contributed by atoms with van der Waals surface area (Å²) >= 11 is 8.31. The van der Waals surface area contributed by atoms with Crippen LogP contribution in [0.2, 0.25) is 0 Å². The molecule has 0 unspecified atom stereocenters. The summed E-state index contributed by atoms with van der Waals surface area (Å²) in [7, 11) is 0. The van der Waals surface area contributed by atoms with Crippen molar-refractivity contribution < 1.29 is 14.6 Å². The first-order valence-electron chi connectivity index (χ1n) is 4.35. The normalized spacial score (nSPS) is 10.0. The second kappa shape index (κ2) is 5.92. The first-order valence-corrected chi connectivity index (χ1v) is 5.61. The third-order valence-corrected chi connectivity index (χ3v) is 2.48. The molecule has 1 rings (SSSR count). The summed E-state index contributed by atoms with van der Waals surface area (Å²) in [5, 5.41) is 8.47. The van der Waals surface area contributed by atoms with Crippen molar-refractivity contribution >= 4 is 31.2 Å². The van der Waals surface area contributed by atoms with Crippen LogP contribution in [0.15, 0.2) is 18.2 Å². The monoisotopic (exact) mass is 244 g/mol. The molecule has 0 spiro atoms. The lowest BCUT2D eigenvalue weighted by atomic mass is 10.1. The highest BCUT2D eigenvalue weighted by Gasteiger charge is 2.02. The van der Waals surface area contributed by atoms with Crippen LogP contribution >= 0.6 is 25.3 Å². The molecule has 0 bridgehead atoms. The van der Waals surface area contributed by atoms with E-state index >= 15 is 0 Å². The first-order chi connectivity index (χ1) is 7.15. The van der Waals surface area contributed by atoms with Gasteiger partial charge >= 0.3 is 5.97 Å². The molecule has 15 heavy (non-hydrogen) atoms. The van der Waals surface area contributed by atoms with Crippen LogP contribution in [0.3, 0.4) is 0 Å². The SMILES string of the molecule is O=C(O)COc1cc(CS)cc(CS)c1. The summed E-state index contributed by atoms with van der Waals surface area (Å²) in [5.74, 6) is 0.738. The van der Waals surface area contributed by atoms with Crippen LogP contribution in [0.1, 0.15) is 11.1 Å². The summed E-state index contributed by atoms with van der Waals surface area (Å²) in [6.45, 7) is -0.331. The summed E-state index contributed by atoms with van der Waals surface area (Å²) in [4.78, 5) is 10.3. The van der Waals surface area contributed by atoms with Gasteiger partial charge in [-0.15, -0.1) is 0 Å². The van der Waals surface area contributed by atoms with E-state index in [0.717, 1.165) is 11.1 Å². The van der Waals surface area contributed by atoms with E-state index in [-0.39, 0.29) is 6.61 Å². The number of carbonyl (C=O) groups is 1. The summed E-state index contributed by atoms with van der Waals surface area (Å²) in [6, 6.07) is 5.53. The lowest BCUT2D eigenvalue weighted by Gasteiger charge is -2.07. The van der Waals surface area contributed by atoms with Crippen molar-refractivity contribution in [3.05, 3.63) is 29.3 Å². The summed E-state index contributed by atoms with van der Waals surface area (Å²) < 4.78 is 5.08. The van der Waals surface area contributed by atoms with E-state index in [9.17, 15) is 4.79 Å². The predicted octanol–water partition coefficient (Wildman–Crippen LogP) is 2.01. The van der Waals surface area contributed by atoms with E-state index in [1.54, 1.807) is 12.1 Å². The Bertz CT molecular complexity index is 330. The van der Waals surface area contributed by atoms with Gasteiger partial charge in [-0.3, -0.25) is 0 Å². The van der Waals surface area contributed by atoms with Gasteiger partial charge in [-0.25, -0.2) is 4.79 Å². The van der Waals surface area contributed by atoms with Gasteiger partial charge in [0.2, 0.25) is 0 Å². The van der Waals surface area contributed by atoms with Gasteiger partial charge in [0.15, 0.2) is 6.61 Å². The minimum Gasteiger partial charge on any atom is -0.482 e. The average Bonchev–Trinajstić information content (AvgIpc) is 2.25. The fourth-order valence-electron chi connectivity index (χ4n) is 1.14. The van der Waals surface area contributed by atoms with Gasteiger partial charge < -0.3 is 9.84 Å². The Balaban J connectivity index is 2.81. The topological polar surface area (TPSA) is 46.5 Å². The zero-order chi connectivity index (χ0) is 11.3. The van der Waals surface area contributed by atoms with E-state index in [1.165, 1.54) is 0 Å². The highest BCUT2D eigenvalue weighted by Crippen LogP contribution is 2.19. The largest absolute Gasteiger partial charge is 0.482 e. The maximum Gasteiger partial charge on any atom is 0.341 e. The molecule has 0 aliphatic rings. The molecule has 0 saturated carbocycles. The van der Waals surface area contributed by atoms with Crippen molar-refractivity contribution in [2.75, 3.05) is 6.61 Å². The minimum absolute atomic E-state index is 0.331. The fraction of sp³-hybridized carbons (Fsp3) is 0.300. The van der Waals surface area contributed by atoms with Gasteiger partial charge in [0.25, 0.3) is 0 Å². The van der Waals surface area contributed by atoms with Crippen LogP contribution in [0, 0.1) is 0 Å². The third kappa shape index (κ3) is 4.05. The molecule has 0 saturated heterocycles. The molecule has 1 aromatic rings. The third-order valence-electron chi connectivity index (χ3n) is 1.75. The van der Waals surface area contributed by atoms with Crippen LogP contribution in [-0.2, 0) is 16.3 Å². The fourth-order valence-corrected chi connectivity index (χ4v) is 1.50. The van der Waals surface area contributed by atoms with Gasteiger partial charge in [-0.2, -0.15) is 25.3 Å². The van der Waals surface area contributed by atoms with Crippen molar-refractivity contribution in [1.82, 2.24) is 0 Å². The van der Waals surface area contributed by atoms with Gasteiger partial charge in [0, 0.05) is 11.5 Å². The molecular weight excluding hydrogens is 232 g/mol. The second-order valence-electron chi connectivity index (χ2n) is 2.98. The van der Waals surface area contributed by atoms with Crippen molar-refractivity contribution in [3.8, 4) is 5.75 Å². The van der Waals surface area contributed by atoms with Crippen LogP contribution in [0.5, 0.6) is 5.75 Å². The lowest BCUT2D eigenvalue weighted by molar-refractivity contribution is -0.139. The molecule has 1 aromatic carbocycles. The van der Waals surface area contributed by atoms with E-state index in [2.05, 4.69) is 25.3 Å². The zero-order valence-electron chi connectivity index (χ0n) is 8.01. The standard InChI is InChI=1S/C10H12O3S2/c11-10(12)4-13-9-2-7(5-14)1-8(3-9)6-15/h1-3,14-15H,4-6H2,(H,11,12). The number of carboxylic acid groups (broad SMARTS) is 1. The van der Waals surface area contributed by atoms with Crippen molar-refractivity contribution in [2.24, 2.45) is 0 Å². The van der Waals surface area contributed by atoms with Crippen LogP contribution in [-0.4, -0.2) is 17.7 Å². The number of hydrogen-bond donors (Lipinski definition) is 3. The Labute approximate surface area is 99.3 Å². The van der Waals surface area contributed by atoms with Crippen molar-refractivity contribution in [3.63, 3.8) is 0 Å².